The third-order valence-corrected chi connectivity index (χ3v) is 6.70. The zero-order valence-electron chi connectivity index (χ0n) is 17.6. The van der Waals surface area contributed by atoms with Crippen molar-refractivity contribution < 1.29 is 9.18 Å². The fourth-order valence-electron chi connectivity index (χ4n) is 3.49. The summed E-state index contributed by atoms with van der Waals surface area (Å²) < 4.78 is 16.4. The largest absolute Gasteiger partial charge is 0.301 e. The second kappa shape index (κ2) is 9.20. The van der Waals surface area contributed by atoms with Crippen LogP contribution in [0.5, 0.6) is 0 Å². The maximum Gasteiger partial charge on any atom is 0.263 e. The summed E-state index contributed by atoms with van der Waals surface area (Å²) in [6, 6.07) is 13.2. The van der Waals surface area contributed by atoms with Crippen molar-refractivity contribution in [1.29, 1.82) is 0 Å². The van der Waals surface area contributed by atoms with Crippen LogP contribution in [0.25, 0.3) is 27.9 Å². The Labute approximate surface area is 200 Å². The van der Waals surface area contributed by atoms with Crippen LogP contribution in [0.3, 0.4) is 0 Å². The maximum absolute atomic E-state index is 13.1. The number of benzene rings is 2. The van der Waals surface area contributed by atoms with Crippen LogP contribution in [-0.2, 0) is 11.3 Å². The lowest BCUT2D eigenvalue weighted by molar-refractivity contribution is -0.113. The molecule has 0 fully saturated rings. The minimum absolute atomic E-state index is 0.0706. The number of thioether (sulfide) groups is 1. The van der Waals surface area contributed by atoms with Crippen LogP contribution in [0.2, 0.25) is 0 Å². The molecule has 1 amide bonds. The van der Waals surface area contributed by atoms with E-state index in [0.717, 1.165) is 5.56 Å². The number of nitrogens with zero attached hydrogens (tertiary/aromatic N) is 5. The van der Waals surface area contributed by atoms with Gasteiger partial charge in [0.15, 0.2) is 10.3 Å². The molecule has 0 spiro atoms. The number of thiazole rings is 1. The van der Waals surface area contributed by atoms with E-state index in [1.807, 2.05) is 12.1 Å². The molecule has 3 aromatic heterocycles. The maximum atomic E-state index is 13.1. The van der Waals surface area contributed by atoms with Gasteiger partial charge in [-0.05, 0) is 36.4 Å². The van der Waals surface area contributed by atoms with Crippen LogP contribution >= 0.6 is 23.1 Å². The third kappa shape index (κ3) is 4.11. The van der Waals surface area contributed by atoms with E-state index in [1.165, 1.54) is 39.8 Å². The summed E-state index contributed by atoms with van der Waals surface area (Å²) >= 11 is 2.49. The van der Waals surface area contributed by atoms with Crippen LogP contribution in [-0.4, -0.2) is 35.8 Å². The second-order valence-electron chi connectivity index (χ2n) is 7.22. The lowest BCUT2D eigenvalue weighted by atomic mass is 10.2. The summed E-state index contributed by atoms with van der Waals surface area (Å²) in [5.74, 6) is -0.123. The van der Waals surface area contributed by atoms with Crippen LogP contribution in [0, 0.1) is 5.82 Å². The number of rotatable bonds is 7. The number of allylic oxidation sites excluding steroid dienone is 1. The zero-order chi connectivity index (χ0) is 23.7. The Bertz CT molecular complexity index is 1590. The van der Waals surface area contributed by atoms with Crippen LogP contribution < -0.4 is 10.9 Å². The summed E-state index contributed by atoms with van der Waals surface area (Å²) in [6.07, 6.45) is 1.62. The van der Waals surface area contributed by atoms with Crippen molar-refractivity contribution in [3.8, 4) is 11.3 Å². The molecule has 34 heavy (non-hydrogen) atoms. The molecule has 0 aliphatic heterocycles. The van der Waals surface area contributed by atoms with E-state index in [-0.39, 0.29) is 29.6 Å². The van der Waals surface area contributed by atoms with Crippen molar-refractivity contribution in [3.63, 3.8) is 0 Å². The Kier molecular flexibility index (Phi) is 5.95. The lowest BCUT2D eigenvalue weighted by Gasteiger charge is -2.09. The lowest BCUT2D eigenvalue weighted by Crippen LogP contribution is -2.22. The zero-order valence-corrected chi connectivity index (χ0v) is 19.3. The van der Waals surface area contributed by atoms with Gasteiger partial charge in [0.1, 0.15) is 5.82 Å². The second-order valence-corrected chi connectivity index (χ2v) is 9.02. The molecule has 8 nitrogen and oxygen atoms in total. The van der Waals surface area contributed by atoms with Gasteiger partial charge in [0.2, 0.25) is 11.7 Å². The van der Waals surface area contributed by atoms with Gasteiger partial charge in [-0.2, -0.15) is 0 Å². The molecule has 0 aliphatic carbocycles. The van der Waals surface area contributed by atoms with E-state index >= 15 is 0 Å². The van der Waals surface area contributed by atoms with Crippen molar-refractivity contribution in [3.05, 3.63) is 82.7 Å². The Morgan fingerprint density at radius 2 is 1.97 bits per heavy atom. The quantitative estimate of drug-likeness (QED) is 0.270. The van der Waals surface area contributed by atoms with Crippen LogP contribution in [0.15, 0.2) is 76.5 Å². The number of carbonyl (C=O) groups is 1. The monoisotopic (exact) mass is 492 g/mol. The molecule has 0 aliphatic rings. The Morgan fingerprint density at radius 3 is 2.76 bits per heavy atom. The summed E-state index contributed by atoms with van der Waals surface area (Å²) in [7, 11) is 0. The van der Waals surface area contributed by atoms with E-state index in [9.17, 15) is 14.0 Å². The first kappa shape index (κ1) is 22.0. The average molecular weight is 493 g/mol. The van der Waals surface area contributed by atoms with Gasteiger partial charge in [-0.15, -0.1) is 28.1 Å². The minimum Gasteiger partial charge on any atom is -0.301 e. The van der Waals surface area contributed by atoms with Gasteiger partial charge >= 0.3 is 0 Å². The summed E-state index contributed by atoms with van der Waals surface area (Å²) in [4.78, 5) is 29.9. The first-order chi connectivity index (χ1) is 16.5. The summed E-state index contributed by atoms with van der Waals surface area (Å²) in [6.45, 7) is 4.01. The molecule has 0 saturated carbocycles. The van der Waals surface area contributed by atoms with Crippen molar-refractivity contribution in [1.82, 2.24) is 24.1 Å². The Hall–Kier alpha value is -3.83. The molecule has 2 aromatic carbocycles. The van der Waals surface area contributed by atoms with Gasteiger partial charge in [-0.3, -0.25) is 18.6 Å². The highest BCUT2D eigenvalue weighted by molar-refractivity contribution is 7.99. The summed E-state index contributed by atoms with van der Waals surface area (Å²) in [5.41, 5.74) is 1.91. The number of hydrogen-bond acceptors (Lipinski definition) is 7. The van der Waals surface area contributed by atoms with Crippen molar-refractivity contribution >= 4 is 50.8 Å². The fraction of sp³-hybridized carbons (Fsp3) is 0.0870. The van der Waals surface area contributed by atoms with Gasteiger partial charge in [-0.1, -0.05) is 30.0 Å². The minimum atomic E-state index is -0.320. The molecule has 5 aromatic rings. The standard InChI is InChI=1S/C23H17FN6O2S2/c1-2-11-29-20(32)16-5-3-4-6-18(16)30-22(29)27-28-23(30)34-13-19(31)26-21-25-17(12-33-21)14-7-9-15(24)10-8-14/h2-10,12H,1,11,13H2,(H,25,26,31). The van der Waals surface area contributed by atoms with Gasteiger partial charge in [0.05, 0.1) is 22.3 Å². The topological polar surface area (TPSA) is 94.2 Å². The Morgan fingerprint density at radius 1 is 1.18 bits per heavy atom. The number of para-hydroxylation sites is 1. The number of aromatic nitrogens is 5. The number of hydrogen-bond donors (Lipinski definition) is 1. The highest BCUT2D eigenvalue weighted by Crippen LogP contribution is 2.26. The average Bonchev–Trinajstić information content (AvgIpc) is 3.48. The van der Waals surface area contributed by atoms with Gasteiger partial charge < -0.3 is 5.32 Å². The molecule has 0 saturated heterocycles. The molecule has 0 unspecified atom stereocenters. The van der Waals surface area contributed by atoms with E-state index in [1.54, 1.807) is 40.1 Å². The summed E-state index contributed by atoms with van der Waals surface area (Å²) in [5, 5.41) is 14.5. The van der Waals surface area contributed by atoms with Crippen LogP contribution in [0.4, 0.5) is 9.52 Å². The predicted octanol–water partition coefficient (Wildman–Crippen LogP) is 4.22. The molecule has 5 rings (SSSR count). The third-order valence-electron chi connectivity index (χ3n) is 5.01. The van der Waals surface area contributed by atoms with Crippen LogP contribution in [0.1, 0.15) is 0 Å². The number of amides is 1. The van der Waals surface area contributed by atoms with Crippen molar-refractivity contribution in [2.24, 2.45) is 0 Å². The number of halogens is 1. The highest BCUT2D eigenvalue weighted by atomic mass is 32.2. The van der Waals surface area contributed by atoms with Crippen molar-refractivity contribution in [2.75, 3.05) is 11.1 Å². The number of fused-ring (bicyclic) bond motifs is 3. The molecule has 11 heteroatoms. The first-order valence-electron chi connectivity index (χ1n) is 10.2. The van der Waals surface area contributed by atoms with E-state index < -0.39 is 0 Å². The fourth-order valence-corrected chi connectivity index (χ4v) is 4.97. The molecule has 0 atom stereocenters. The van der Waals surface area contributed by atoms with E-state index in [2.05, 4.69) is 27.1 Å². The Balaban J connectivity index is 1.36. The molecule has 170 valence electrons. The van der Waals surface area contributed by atoms with E-state index in [4.69, 9.17) is 0 Å². The molecule has 0 radical (unpaired) electrons. The number of nitrogens with one attached hydrogen (secondary N) is 1. The number of carbonyl (C=O) groups excluding carboxylic acids is 1. The molecule has 1 N–H and O–H groups in total. The smallest absolute Gasteiger partial charge is 0.263 e. The van der Waals surface area contributed by atoms with Gasteiger partial charge in [0.25, 0.3) is 5.56 Å². The van der Waals surface area contributed by atoms with E-state index in [0.29, 0.717) is 32.7 Å². The van der Waals surface area contributed by atoms with Gasteiger partial charge in [0, 0.05) is 17.5 Å². The predicted molar refractivity (Wildman–Crippen MR) is 132 cm³/mol. The molecule has 0 bridgehead atoms. The van der Waals surface area contributed by atoms with Crippen molar-refractivity contribution in [2.45, 2.75) is 11.7 Å². The normalized spacial score (nSPS) is 11.2. The molecule has 3 heterocycles. The first-order valence-corrected chi connectivity index (χ1v) is 12.0. The molecular weight excluding hydrogens is 475 g/mol. The molecular formula is C23H17FN6O2S2. The SMILES string of the molecule is C=CCn1c(=O)c2ccccc2n2c(SCC(=O)Nc3nc(-c4ccc(F)cc4)cs3)nnc12. The number of anilines is 1. The highest BCUT2D eigenvalue weighted by Gasteiger charge is 2.17. The van der Waals surface area contributed by atoms with Gasteiger partial charge in [-0.25, -0.2) is 9.37 Å².